The lowest BCUT2D eigenvalue weighted by Gasteiger charge is -2.13. The van der Waals surface area contributed by atoms with Crippen LogP contribution in [0.3, 0.4) is 0 Å². The summed E-state index contributed by atoms with van der Waals surface area (Å²) in [4.78, 5) is 0. The molecule has 0 saturated heterocycles. The Bertz CT molecular complexity index is 426. The zero-order chi connectivity index (χ0) is 13.4. The summed E-state index contributed by atoms with van der Waals surface area (Å²) in [6, 6.07) is 7.96. The van der Waals surface area contributed by atoms with Crippen molar-refractivity contribution in [2.45, 2.75) is 13.0 Å². The average molecular weight is 330 g/mol. The van der Waals surface area contributed by atoms with E-state index >= 15 is 0 Å². The highest BCUT2D eigenvalue weighted by Gasteiger charge is 2.01. The Balaban J connectivity index is 2.41. The molecule has 0 aliphatic heterocycles. The zero-order valence-electron chi connectivity index (χ0n) is 10.3. The fraction of sp³-hybridized carbons (Fsp3) is 0.333. The molecule has 0 aromatic heterocycles. The van der Waals surface area contributed by atoms with Crippen molar-refractivity contribution in [3.05, 3.63) is 34.3 Å². The molecule has 0 saturated carbocycles. The standard InChI is InChI=1S/C12H16BrN3OS/c1-9(8-17-2)15-12(18)16-14-7-10-5-3-4-6-11(10)13/h3-7,9H,8H2,1-2H3,(H2,15,16,18)/b14-7-/t9-/m0/s1. The van der Waals surface area contributed by atoms with E-state index in [9.17, 15) is 0 Å². The molecule has 1 aromatic rings. The summed E-state index contributed by atoms with van der Waals surface area (Å²) in [5.74, 6) is 0. The zero-order valence-corrected chi connectivity index (χ0v) is 12.7. The maximum atomic E-state index is 5.09. The number of halogens is 1. The monoisotopic (exact) mass is 329 g/mol. The van der Waals surface area contributed by atoms with Gasteiger partial charge in [-0.05, 0) is 25.2 Å². The predicted molar refractivity (Wildman–Crippen MR) is 81.9 cm³/mol. The first-order chi connectivity index (χ1) is 8.63. The second-order valence-corrected chi connectivity index (χ2v) is 4.98. The second-order valence-electron chi connectivity index (χ2n) is 3.72. The van der Waals surface area contributed by atoms with Crippen molar-refractivity contribution in [2.24, 2.45) is 5.10 Å². The number of hydrazone groups is 1. The number of rotatable bonds is 5. The summed E-state index contributed by atoms with van der Waals surface area (Å²) < 4.78 is 5.99. The molecular formula is C12H16BrN3OS. The van der Waals surface area contributed by atoms with Crippen molar-refractivity contribution in [3.63, 3.8) is 0 Å². The maximum Gasteiger partial charge on any atom is 0.187 e. The van der Waals surface area contributed by atoms with Crippen molar-refractivity contribution in [1.82, 2.24) is 10.7 Å². The second kappa shape index (κ2) is 8.18. The molecule has 18 heavy (non-hydrogen) atoms. The van der Waals surface area contributed by atoms with Crippen LogP contribution in [-0.4, -0.2) is 31.1 Å². The van der Waals surface area contributed by atoms with Crippen LogP contribution in [0.25, 0.3) is 0 Å². The van der Waals surface area contributed by atoms with Gasteiger partial charge in [-0.1, -0.05) is 34.1 Å². The van der Waals surface area contributed by atoms with E-state index in [4.69, 9.17) is 17.0 Å². The maximum absolute atomic E-state index is 5.09. The normalized spacial score (nSPS) is 12.4. The molecule has 0 amide bonds. The predicted octanol–water partition coefficient (Wildman–Crippen LogP) is 2.28. The number of nitrogens with zero attached hydrogens (tertiary/aromatic N) is 1. The summed E-state index contributed by atoms with van der Waals surface area (Å²) in [6.45, 7) is 2.57. The SMILES string of the molecule is COC[C@H](C)NC(=S)N/N=C\c1ccccc1Br. The van der Waals surface area contributed by atoms with Gasteiger partial charge in [0.25, 0.3) is 0 Å². The molecule has 0 spiro atoms. The van der Waals surface area contributed by atoms with Gasteiger partial charge in [-0.15, -0.1) is 0 Å². The van der Waals surface area contributed by atoms with Gasteiger partial charge < -0.3 is 10.1 Å². The lowest BCUT2D eigenvalue weighted by Crippen LogP contribution is -2.40. The van der Waals surface area contributed by atoms with E-state index in [2.05, 4.69) is 31.8 Å². The Hall–Kier alpha value is -0.980. The Kier molecular flexibility index (Phi) is 6.85. The number of ether oxygens (including phenoxy) is 1. The third kappa shape index (κ3) is 5.57. The van der Waals surface area contributed by atoms with Gasteiger partial charge in [0.1, 0.15) is 0 Å². The number of nitrogens with one attached hydrogen (secondary N) is 2. The Labute approximate surface area is 121 Å². The van der Waals surface area contributed by atoms with E-state index in [1.165, 1.54) is 0 Å². The average Bonchev–Trinajstić information content (AvgIpc) is 2.31. The molecule has 0 bridgehead atoms. The van der Waals surface area contributed by atoms with Gasteiger partial charge in [-0.3, -0.25) is 5.43 Å². The summed E-state index contributed by atoms with van der Waals surface area (Å²) >= 11 is 8.53. The van der Waals surface area contributed by atoms with E-state index < -0.39 is 0 Å². The van der Waals surface area contributed by atoms with Crippen molar-refractivity contribution in [2.75, 3.05) is 13.7 Å². The summed E-state index contributed by atoms with van der Waals surface area (Å²) in [5, 5.41) is 7.59. The van der Waals surface area contributed by atoms with E-state index in [0.717, 1.165) is 10.0 Å². The van der Waals surface area contributed by atoms with Crippen LogP contribution in [0.1, 0.15) is 12.5 Å². The van der Waals surface area contributed by atoms with Gasteiger partial charge in [0.15, 0.2) is 5.11 Å². The highest BCUT2D eigenvalue weighted by atomic mass is 79.9. The number of thiocarbonyl (C=S) groups is 1. The van der Waals surface area contributed by atoms with Crippen LogP contribution in [0, 0.1) is 0 Å². The molecule has 0 aliphatic carbocycles. The Morgan fingerprint density at radius 3 is 2.94 bits per heavy atom. The summed E-state index contributed by atoms with van der Waals surface area (Å²) in [7, 11) is 1.65. The Morgan fingerprint density at radius 2 is 2.28 bits per heavy atom. The van der Waals surface area contributed by atoms with Crippen molar-refractivity contribution in [3.8, 4) is 0 Å². The van der Waals surface area contributed by atoms with Crippen molar-refractivity contribution in [1.29, 1.82) is 0 Å². The lowest BCUT2D eigenvalue weighted by molar-refractivity contribution is 0.179. The first-order valence-electron chi connectivity index (χ1n) is 5.46. The van der Waals surface area contributed by atoms with Crippen LogP contribution in [0.5, 0.6) is 0 Å². The molecule has 0 unspecified atom stereocenters. The fourth-order valence-corrected chi connectivity index (χ4v) is 1.93. The minimum absolute atomic E-state index is 0.147. The van der Waals surface area contributed by atoms with Crippen LogP contribution >= 0.6 is 28.1 Å². The minimum atomic E-state index is 0.147. The quantitative estimate of drug-likeness (QED) is 0.494. The molecule has 0 radical (unpaired) electrons. The topological polar surface area (TPSA) is 45.6 Å². The molecule has 4 nitrogen and oxygen atoms in total. The van der Waals surface area contributed by atoms with Gasteiger partial charge in [0.05, 0.1) is 12.8 Å². The summed E-state index contributed by atoms with van der Waals surface area (Å²) in [6.07, 6.45) is 1.71. The molecule has 0 heterocycles. The number of methoxy groups -OCH3 is 1. The van der Waals surface area contributed by atoms with E-state index in [1.807, 2.05) is 31.2 Å². The van der Waals surface area contributed by atoms with Crippen LogP contribution < -0.4 is 10.7 Å². The molecule has 1 rings (SSSR count). The lowest BCUT2D eigenvalue weighted by atomic mass is 10.2. The first kappa shape index (κ1) is 15.1. The van der Waals surface area contributed by atoms with Crippen LogP contribution in [0.2, 0.25) is 0 Å². The molecule has 0 fully saturated rings. The number of benzene rings is 1. The van der Waals surface area contributed by atoms with Gasteiger partial charge >= 0.3 is 0 Å². The van der Waals surface area contributed by atoms with Crippen molar-refractivity contribution < 1.29 is 4.74 Å². The van der Waals surface area contributed by atoms with Crippen molar-refractivity contribution >= 4 is 39.5 Å². The fourth-order valence-electron chi connectivity index (χ4n) is 1.29. The molecule has 6 heteroatoms. The number of hydrogen-bond donors (Lipinski definition) is 2. The van der Waals surface area contributed by atoms with Crippen LogP contribution in [-0.2, 0) is 4.74 Å². The molecule has 98 valence electrons. The third-order valence-electron chi connectivity index (χ3n) is 2.07. The highest BCUT2D eigenvalue weighted by molar-refractivity contribution is 9.10. The molecule has 1 atom stereocenters. The van der Waals surface area contributed by atoms with Gasteiger partial charge in [0.2, 0.25) is 0 Å². The van der Waals surface area contributed by atoms with Gasteiger partial charge in [-0.2, -0.15) is 5.10 Å². The summed E-state index contributed by atoms with van der Waals surface area (Å²) in [5.41, 5.74) is 3.75. The molecule has 1 aromatic carbocycles. The largest absolute Gasteiger partial charge is 0.383 e. The highest BCUT2D eigenvalue weighted by Crippen LogP contribution is 2.13. The van der Waals surface area contributed by atoms with Gasteiger partial charge in [0, 0.05) is 23.2 Å². The first-order valence-corrected chi connectivity index (χ1v) is 6.66. The molecule has 2 N–H and O–H groups in total. The Morgan fingerprint density at radius 1 is 1.56 bits per heavy atom. The molecular weight excluding hydrogens is 314 g/mol. The van der Waals surface area contributed by atoms with E-state index in [1.54, 1.807) is 13.3 Å². The number of hydrogen-bond acceptors (Lipinski definition) is 3. The van der Waals surface area contributed by atoms with Crippen LogP contribution in [0.4, 0.5) is 0 Å². The van der Waals surface area contributed by atoms with Crippen LogP contribution in [0.15, 0.2) is 33.8 Å². The van der Waals surface area contributed by atoms with E-state index in [-0.39, 0.29) is 6.04 Å². The van der Waals surface area contributed by atoms with Gasteiger partial charge in [-0.25, -0.2) is 0 Å². The third-order valence-corrected chi connectivity index (χ3v) is 3.00. The smallest absolute Gasteiger partial charge is 0.187 e. The van der Waals surface area contributed by atoms with E-state index in [0.29, 0.717) is 11.7 Å². The molecule has 0 aliphatic rings. The minimum Gasteiger partial charge on any atom is -0.383 e.